The lowest BCUT2D eigenvalue weighted by atomic mass is 10.0. The molecule has 0 aliphatic rings. The molecule has 1 N–H and O–H groups in total. The second-order valence-corrected chi connectivity index (χ2v) is 5.74. The van der Waals surface area contributed by atoms with Crippen molar-refractivity contribution in [1.82, 2.24) is 0 Å². The van der Waals surface area contributed by atoms with Gasteiger partial charge in [-0.2, -0.15) is 0 Å². The molecular formula is C15H14F2IN. The van der Waals surface area contributed by atoms with E-state index in [-0.39, 0.29) is 17.7 Å². The minimum Gasteiger partial charge on any atom is -0.378 e. The van der Waals surface area contributed by atoms with E-state index >= 15 is 0 Å². The molecule has 100 valence electrons. The van der Waals surface area contributed by atoms with E-state index in [2.05, 4.69) is 27.9 Å². The molecule has 0 radical (unpaired) electrons. The maximum Gasteiger partial charge on any atom is 0.128 e. The molecule has 1 atom stereocenters. The van der Waals surface area contributed by atoms with Gasteiger partial charge in [-0.25, -0.2) is 8.78 Å². The third-order valence-electron chi connectivity index (χ3n) is 2.95. The number of hydrogen-bond donors (Lipinski definition) is 1. The molecule has 1 nitrogen and oxygen atoms in total. The van der Waals surface area contributed by atoms with Crippen molar-refractivity contribution < 1.29 is 8.78 Å². The van der Waals surface area contributed by atoms with Crippen LogP contribution in [0.1, 0.15) is 24.1 Å². The van der Waals surface area contributed by atoms with Gasteiger partial charge in [0.25, 0.3) is 0 Å². The highest BCUT2D eigenvalue weighted by atomic mass is 127. The van der Waals surface area contributed by atoms with Crippen LogP contribution in [-0.4, -0.2) is 0 Å². The number of anilines is 1. The van der Waals surface area contributed by atoms with Gasteiger partial charge in [0.1, 0.15) is 11.6 Å². The zero-order chi connectivity index (χ0) is 14.0. The molecule has 1 unspecified atom stereocenters. The van der Waals surface area contributed by atoms with Gasteiger partial charge < -0.3 is 5.32 Å². The van der Waals surface area contributed by atoms with Crippen LogP contribution in [0.15, 0.2) is 36.4 Å². The van der Waals surface area contributed by atoms with E-state index in [0.29, 0.717) is 11.1 Å². The number of aryl methyl sites for hydroxylation is 1. The number of hydrogen-bond acceptors (Lipinski definition) is 1. The Kier molecular flexibility index (Phi) is 4.39. The molecule has 0 heterocycles. The second-order valence-electron chi connectivity index (χ2n) is 4.50. The summed E-state index contributed by atoms with van der Waals surface area (Å²) in [4.78, 5) is 0. The molecule has 0 spiro atoms. The van der Waals surface area contributed by atoms with E-state index in [0.717, 1.165) is 9.26 Å². The Morgan fingerprint density at radius 2 is 1.84 bits per heavy atom. The molecule has 19 heavy (non-hydrogen) atoms. The number of rotatable bonds is 3. The first-order valence-corrected chi connectivity index (χ1v) is 7.03. The van der Waals surface area contributed by atoms with Gasteiger partial charge >= 0.3 is 0 Å². The van der Waals surface area contributed by atoms with Crippen molar-refractivity contribution in [1.29, 1.82) is 0 Å². The van der Waals surface area contributed by atoms with Crippen LogP contribution in [0.5, 0.6) is 0 Å². The first kappa shape index (κ1) is 14.2. The predicted octanol–water partition coefficient (Wildman–Crippen LogP) is 5.05. The molecule has 0 aromatic heterocycles. The van der Waals surface area contributed by atoms with Crippen LogP contribution in [-0.2, 0) is 0 Å². The summed E-state index contributed by atoms with van der Waals surface area (Å²) in [5, 5.41) is 3.18. The third kappa shape index (κ3) is 3.43. The van der Waals surface area contributed by atoms with Gasteiger partial charge in [-0.1, -0.05) is 6.07 Å². The second kappa shape index (κ2) is 5.86. The largest absolute Gasteiger partial charge is 0.378 e. The average molecular weight is 373 g/mol. The molecule has 4 heteroatoms. The minimum atomic E-state index is -0.385. The summed E-state index contributed by atoms with van der Waals surface area (Å²) in [5.41, 5.74) is 1.55. The van der Waals surface area contributed by atoms with Crippen LogP contribution in [0.2, 0.25) is 0 Å². The Balaban J connectivity index is 2.25. The molecular weight excluding hydrogens is 359 g/mol. The van der Waals surface area contributed by atoms with E-state index in [1.807, 2.05) is 31.2 Å². The molecule has 0 saturated heterocycles. The fraction of sp³-hybridized carbons (Fsp3) is 0.200. The minimum absolute atomic E-state index is 0.298. The summed E-state index contributed by atoms with van der Waals surface area (Å²) in [5.74, 6) is -0.766. The molecule has 2 aromatic rings. The molecule has 2 rings (SSSR count). The van der Waals surface area contributed by atoms with Gasteiger partial charge in [-0.05, 0) is 72.3 Å². The van der Waals surface area contributed by atoms with Crippen LogP contribution < -0.4 is 5.32 Å². The molecule has 0 bridgehead atoms. The normalized spacial score (nSPS) is 12.3. The van der Waals surface area contributed by atoms with Crippen molar-refractivity contribution in [3.63, 3.8) is 0 Å². The van der Waals surface area contributed by atoms with Crippen molar-refractivity contribution in [2.24, 2.45) is 0 Å². The predicted molar refractivity (Wildman–Crippen MR) is 82.3 cm³/mol. The van der Waals surface area contributed by atoms with E-state index < -0.39 is 0 Å². The van der Waals surface area contributed by atoms with Crippen molar-refractivity contribution in [2.75, 3.05) is 5.32 Å². The lowest BCUT2D eigenvalue weighted by Crippen LogP contribution is -2.09. The van der Waals surface area contributed by atoms with Gasteiger partial charge in [0.2, 0.25) is 0 Å². The lowest BCUT2D eigenvalue weighted by molar-refractivity contribution is 0.571. The van der Waals surface area contributed by atoms with Gasteiger partial charge in [0, 0.05) is 14.8 Å². The Labute approximate surface area is 125 Å². The maximum absolute atomic E-state index is 13.9. The zero-order valence-electron chi connectivity index (χ0n) is 10.7. The average Bonchev–Trinajstić information content (AvgIpc) is 2.33. The lowest BCUT2D eigenvalue weighted by Gasteiger charge is -2.17. The van der Waals surface area contributed by atoms with E-state index in [1.165, 1.54) is 12.1 Å². The fourth-order valence-corrected chi connectivity index (χ4v) is 2.44. The van der Waals surface area contributed by atoms with Crippen LogP contribution in [0.25, 0.3) is 0 Å². The molecule has 0 fully saturated rings. The Bertz CT molecular complexity index is 599. The highest BCUT2D eigenvalue weighted by molar-refractivity contribution is 14.1. The molecule has 0 aliphatic heterocycles. The summed E-state index contributed by atoms with van der Waals surface area (Å²) in [7, 11) is 0. The monoisotopic (exact) mass is 373 g/mol. The van der Waals surface area contributed by atoms with Crippen molar-refractivity contribution in [2.45, 2.75) is 19.9 Å². The Morgan fingerprint density at radius 1 is 1.11 bits per heavy atom. The fourth-order valence-electron chi connectivity index (χ4n) is 1.90. The molecule has 0 amide bonds. The highest BCUT2D eigenvalue weighted by Crippen LogP contribution is 2.24. The first-order chi connectivity index (χ1) is 8.97. The van der Waals surface area contributed by atoms with Crippen molar-refractivity contribution in [3.8, 4) is 0 Å². The van der Waals surface area contributed by atoms with Crippen LogP contribution in [0.3, 0.4) is 0 Å². The summed E-state index contributed by atoms with van der Waals surface area (Å²) < 4.78 is 28.5. The van der Waals surface area contributed by atoms with E-state index in [1.54, 1.807) is 6.92 Å². The van der Waals surface area contributed by atoms with Crippen molar-refractivity contribution in [3.05, 3.63) is 62.7 Å². The molecule has 0 aliphatic carbocycles. The quantitative estimate of drug-likeness (QED) is 0.743. The Hall–Kier alpha value is -1.17. The van der Waals surface area contributed by atoms with Gasteiger partial charge in [-0.15, -0.1) is 0 Å². The topological polar surface area (TPSA) is 12.0 Å². The summed E-state index contributed by atoms with van der Waals surface area (Å²) in [6.07, 6.45) is 0. The SMILES string of the molecule is Cc1cc(F)c(C(C)Nc2cccc(I)c2)cc1F. The highest BCUT2D eigenvalue weighted by Gasteiger charge is 2.13. The summed E-state index contributed by atoms with van der Waals surface area (Å²) in [6, 6.07) is 9.95. The zero-order valence-corrected chi connectivity index (χ0v) is 12.8. The number of halogens is 3. The van der Waals surface area contributed by atoms with Gasteiger partial charge in [-0.3, -0.25) is 0 Å². The van der Waals surface area contributed by atoms with Crippen molar-refractivity contribution >= 4 is 28.3 Å². The number of benzene rings is 2. The summed E-state index contributed by atoms with van der Waals surface area (Å²) >= 11 is 2.21. The standard InChI is InChI=1S/C15H14F2IN/c1-9-6-15(17)13(8-14(9)16)10(2)19-12-5-3-4-11(18)7-12/h3-8,10,19H,1-2H3. The summed E-state index contributed by atoms with van der Waals surface area (Å²) in [6.45, 7) is 3.37. The molecule has 2 aromatic carbocycles. The Morgan fingerprint density at radius 3 is 2.53 bits per heavy atom. The van der Waals surface area contributed by atoms with Crippen LogP contribution in [0, 0.1) is 22.1 Å². The van der Waals surface area contributed by atoms with Crippen LogP contribution in [0.4, 0.5) is 14.5 Å². The first-order valence-electron chi connectivity index (χ1n) is 5.95. The van der Waals surface area contributed by atoms with E-state index in [9.17, 15) is 8.78 Å². The smallest absolute Gasteiger partial charge is 0.128 e. The van der Waals surface area contributed by atoms with Crippen LogP contribution >= 0.6 is 22.6 Å². The number of nitrogens with one attached hydrogen (secondary N) is 1. The van der Waals surface area contributed by atoms with E-state index in [4.69, 9.17) is 0 Å². The maximum atomic E-state index is 13.9. The van der Waals surface area contributed by atoms with Gasteiger partial charge in [0.05, 0.1) is 6.04 Å². The third-order valence-corrected chi connectivity index (χ3v) is 3.62. The molecule has 0 saturated carbocycles. The van der Waals surface area contributed by atoms with Gasteiger partial charge in [0.15, 0.2) is 0 Å².